The van der Waals surface area contributed by atoms with E-state index in [1.54, 1.807) is 12.1 Å². The standard InChI is InChI=1S/C13H18FNO/c14-11-4-3-6-13(10-11)16-9-7-12-5-1-2-8-15-12/h3-4,6,10,12,15H,1-2,5,7-9H2/t12-/m1/s1. The zero-order valence-electron chi connectivity index (χ0n) is 9.42. The van der Waals surface area contributed by atoms with E-state index in [0.717, 1.165) is 13.0 Å². The largest absolute Gasteiger partial charge is 0.493 e. The number of nitrogens with one attached hydrogen (secondary N) is 1. The summed E-state index contributed by atoms with van der Waals surface area (Å²) in [7, 11) is 0. The summed E-state index contributed by atoms with van der Waals surface area (Å²) in [5.41, 5.74) is 0. The Hall–Kier alpha value is -1.09. The van der Waals surface area contributed by atoms with Crippen molar-refractivity contribution in [1.82, 2.24) is 5.32 Å². The van der Waals surface area contributed by atoms with Crippen LogP contribution in [0.1, 0.15) is 25.7 Å². The van der Waals surface area contributed by atoms with E-state index in [9.17, 15) is 4.39 Å². The van der Waals surface area contributed by atoms with Crippen molar-refractivity contribution in [1.29, 1.82) is 0 Å². The quantitative estimate of drug-likeness (QED) is 0.847. The zero-order valence-corrected chi connectivity index (χ0v) is 9.42. The molecule has 16 heavy (non-hydrogen) atoms. The van der Waals surface area contributed by atoms with Crippen molar-refractivity contribution in [2.24, 2.45) is 0 Å². The van der Waals surface area contributed by atoms with Gasteiger partial charge in [0.2, 0.25) is 0 Å². The van der Waals surface area contributed by atoms with Crippen molar-refractivity contribution in [2.45, 2.75) is 31.7 Å². The summed E-state index contributed by atoms with van der Waals surface area (Å²) in [6.07, 6.45) is 4.81. The van der Waals surface area contributed by atoms with Gasteiger partial charge in [0.1, 0.15) is 11.6 Å². The minimum absolute atomic E-state index is 0.242. The van der Waals surface area contributed by atoms with E-state index < -0.39 is 0 Å². The van der Waals surface area contributed by atoms with Gasteiger partial charge >= 0.3 is 0 Å². The molecule has 2 rings (SSSR count). The van der Waals surface area contributed by atoms with Crippen LogP contribution in [0.25, 0.3) is 0 Å². The fourth-order valence-corrected chi connectivity index (χ4v) is 2.05. The van der Waals surface area contributed by atoms with E-state index in [-0.39, 0.29) is 5.82 Å². The van der Waals surface area contributed by atoms with E-state index >= 15 is 0 Å². The molecule has 1 aliphatic heterocycles. The Morgan fingerprint density at radius 3 is 3.06 bits per heavy atom. The molecule has 3 heteroatoms. The smallest absolute Gasteiger partial charge is 0.126 e. The molecule has 1 heterocycles. The molecule has 0 radical (unpaired) electrons. The monoisotopic (exact) mass is 223 g/mol. The maximum absolute atomic E-state index is 12.9. The van der Waals surface area contributed by atoms with E-state index in [4.69, 9.17) is 4.74 Å². The van der Waals surface area contributed by atoms with Crippen LogP contribution in [0.2, 0.25) is 0 Å². The molecule has 0 saturated carbocycles. The number of ether oxygens (including phenoxy) is 1. The Kier molecular flexibility index (Phi) is 4.17. The lowest BCUT2D eigenvalue weighted by atomic mass is 10.0. The Morgan fingerprint density at radius 2 is 2.31 bits per heavy atom. The predicted octanol–water partition coefficient (Wildman–Crippen LogP) is 2.74. The van der Waals surface area contributed by atoms with E-state index in [0.29, 0.717) is 18.4 Å². The van der Waals surface area contributed by atoms with Gasteiger partial charge in [-0.2, -0.15) is 0 Å². The van der Waals surface area contributed by atoms with Gasteiger partial charge in [-0.3, -0.25) is 0 Å². The number of hydrogen-bond acceptors (Lipinski definition) is 2. The topological polar surface area (TPSA) is 21.3 Å². The normalized spacial score (nSPS) is 20.7. The van der Waals surface area contributed by atoms with E-state index in [2.05, 4.69) is 5.32 Å². The first-order valence-electron chi connectivity index (χ1n) is 5.96. The molecular weight excluding hydrogens is 205 g/mol. The van der Waals surface area contributed by atoms with Gasteiger partial charge in [-0.1, -0.05) is 12.5 Å². The number of halogens is 1. The van der Waals surface area contributed by atoms with E-state index in [1.165, 1.54) is 31.4 Å². The zero-order chi connectivity index (χ0) is 11.2. The maximum atomic E-state index is 12.9. The summed E-state index contributed by atoms with van der Waals surface area (Å²) in [5.74, 6) is 0.379. The van der Waals surface area contributed by atoms with Gasteiger partial charge in [0.05, 0.1) is 6.61 Å². The third kappa shape index (κ3) is 3.49. The number of benzene rings is 1. The fourth-order valence-electron chi connectivity index (χ4n) is 2.05. The highest BCUT2D eigenvalue weighted by molar-refractivity contribution is 5.22. The van der Waals surface area contributed by atoms with Gasteiger partial charge in [-0.15, -0.1) is 0 Å². The SMILES string of the molecule is Fc1cccc(OCC[C@H]2CCCCN2)c1. The van der Waals surface area contributed by atoms with Crippen LogP contribution in [-0.4, -0.2) is 19.2 Å². The highest BCUT2D eigenvalue weighted by Crippen LogP contribution is 2.14. The van der Waals surface area contributed by atoms with Gasteiger partial charge in [0.25, 0.3) is 0 Å². The molecule has 1 aliphatic rings. The van der Waals surface area contributed by atoms with Crippen molar-refractivity contribution >= 4 is 0 Å². The van der Waals surface area contributed by atoms with Crippen LogP contribution < -0.4 is 10.1 Å². The van der Waals surface area contributed by atoms with Crippen molar-refractivity contribution in [3.63, 3.8) is 0 Å². The molecule has 0 bridgehead atoms. The van der Waals surface area contributed by atoms with Gasteiger partial charge in [0.15, 0.2) is 0 Å². The third-order valence-electron chi connectivity index (χ3n) is 2.94. The lowest BCUT2D eigenvalue weighted by Crippen LogP contribution is -2.35. The first-order chi connectivity index (χ1) is 7.84. The molecule has 0 spiro atoms. The van der Waals surface area contributed by atoms with Crippen molar-refractivity contribution in [2.75, 3.05) is 13.2 Å². The number of rotatable bonds is 4. The first kappa shape index (κ1) is 11.4. The molecule has 1 aromatic carbocycles. The summed E-state index contributed by atoms with van der Waals surface area (Å²) in [6, 6.07) is 6.88. The molecule has 1 atom stereocenters. The summed E-state index contributed by atoms with van der Waals surface area (Å²) in [5, 5.41) is 3.46. The van der Waals surface area contributed by atoms with Crippen molar-refractivity contribution in [3.05, 3.63) is 30.1 Å². The minimum atomic E-state index is -0.242. The second-order valence-electron chi connectivity index (χ2n) is 4.24. The fraction of sp³-hybridized carbons (Fsp3) is 0.538. The van der Waals surface area contributed by atoms with Crippen LogP contribution in [-0.2, 0) is 0 Å². The molecule has 1 saturated heterocycles. The number of hydrogen-bond donors (Lipinski definition) is 1. The molecule has 1 N–H and O–H groups in total. The highest BCUT2D eigenvalue weighted by atomic mass is 19.1. The van der Waals surface area contributed by atoms with Gasteiger partial charge in [0, 0.05) is 12.1 Å². The second kappa shape index (κ2) is 5.85. The molecule has 2 nitrogen and oxygen atoms in total. The van der Waals surface area contributed by atoms with Gasteiger partial charge < -0.3 is 10.1 Å². The molecule has 0 aliphatic carbocycles. The van der Waals surface area contributed by atoms with E-state index in [1.807, 2.05) is 0 Å². The molecule has 1 aromatic rings. The highest BCUT2D eigenvalue weighted by Gasteiger charge is 2.11. The Labute approximate surface area is 95.8 Å². The van der Waals surface area contributed by atoms with Crippen LogP contribution in [0.4, 0.5) is 4.39 Å². The molecule has 1 fully saturated rings. The Morgan fingerprint density at radius 1 is 1.38 bits per heavy atom. The summed E-state index contributed by atoms with van der Waals surface area (Å²) in [6.45, 7) is 1.77. The Bertz CT molecular complexity index is 323. The van der Waals surface area contributed by atoms with Crippen molar-refractivity contribution in [3.8, 4) is 5.75 Å². The molecule has 0 amide bonds. The molecule has 88 valence electrons. The van der Waals surface area contributed by atoms with Crippen LogP contribution in [0.15, 0.2) is 24.3 Å². The number of piperidine rings is 1. The average molecular weight is 223 g/mol. The second-order valence-corrected chi connectivity index (χ2v) is 4.24. The van der Waals surface area contributed by atoms with Crippen LogP contribution in [0.5, 0.6) is 5.75 Å². The minimum Gasteiger partial charge on any atom is -0.493 e. The molecular formula is C13H18FNO. The Balaban J connectivity index is 1.71. The first-order valence-corrected chi connectivity index (χ1v) is 5.96. The lowest BCUT2D eigenvalue weighted by Gasteiger charge is -2.23. The van der Waals surface area contributed by atoms with Gasteiger partial charge in [-0.25, -0.2) is 4.39 Å². The van der Waals surface area contributed by atoms with Crippen molar-refractivity contribution < 1.29 is 9.13 Å². The summed E-state index contributed by atoms with van der Waals surface area (Å²) >= 11 is 0. The molecule has 0 unspecified atom stereocenters. The summed E-state index contributed by atoms with van der Waals surface area (Å²) < 4.78 is 18.4. The van der Waals surface area contributed by atoms with Crippen LogP contribution in [0, 0.1) is 5.82 Å². The predicted molar refractivity (Wildman–Crippen MR) is 62.2 cm³/mol. The maximum Gasteiger partial charge on any atom is 0.126 e. The van der Waals surface area contributed by atoms with Gasteiger partial charge in [-0.05, 0) is 37.9 Å². The molecule has 0 aromatic heterocycles. The van der Waals surface area contributed by atoms with Crippen LogP contribution >= 0.6 is 0 Å². The average Bonchev–Trinajstić information content (AvgIpc) is 2.30. The van der Waals surface area contributed by atoms with Crippen LogP contribution in [0.3, 0.4) is 0 Å². The lowest BCUT2D eigenvalue weighted by molar-refractivity contribution is 0.267. The third-order valence-corrected chi connectivity index (χ3v) is 2.94. The summed E-state index contributed by atoms with van der Waals surface area (Å²) in [4.78, 5) is 0.